The summed E-state index contributed by atoms with van der Waals surface area (Å²) in [6.45, 7) is 0. The van der Waals surface area contributed by atoms with Gasteiger partial charge in [0.15, 0.2) is 0 Å². The molecule has 0 atom stereocenters. The highest BCUT2D eigenvalue weighted by molar-refractivity contribution is 9.10. The Balaban J connectivity index is 1.92. The zero-order valence-corrected chi connectivity index (χ0v) is 16.6. The number of anilines is 1. The van der Waals surface area contributed by atoms with Gasteiger partial charge in [0.25, 0.3) is 0 Å². The third kappa shape index (κ3) is 4.98. The van der Waals surface area contributed by atoms with Gasteiger partial charge in [0.1, 0.15) is 11.5 Å². The lowest BCUT2D eigenvalue weighted by atomic mass is 9.96. The molecule has 1 aliphatic rings. The maximum absolute atomic E-state index is 11.7. The largest absolute Gasteiger partial charge is 0.490 e. The van der Waals surface area contributed by atoms with Gasteiger partial charge in [-0.1, -0.05) is 24.3 Å². The predicted octanol–water partition coefficient (Wildman–Crippen LogP) is 5.03. The lowest BCUT2D eigenvalue weighted by Crippen LogP contribution is -2.24. The van der Waals surface area contributed by atoms with Crippen LogP contribution in [0.15, 0.2) is 59.1 Å². The molecule has 3 rings (SSSR count). The second kappa shape index (κ2) is 8.86. The Labute approximate surface area is 167 Å². The first-order valence-electron chi connectivity index (χ1n) is 8.74. The minimum atomic E-state index is -0.691. The molecular formula is C21H21BrN2O3. The van der Waals surface area contributed by atoms with Gasteiger partial charge in [-0.05, 0) is 65.5 Å². The van der Waals surface area contributed by atoms with Crippen molar-refractivity contribution in [3.63, 3.8) is 0 Å². The Hall–Kier alpha value is -2.60. The van der Waals surface area contributed by atoms with Crippen molar-refractivity contribution in [1.82, 2.24) is 0 Å². The Kier molecular flexibility index (Phi) is 6.29. The molecule has 0 aromatic heterocycles. The van der Waals surface area contributed by atoms with E-state index in [1.54, 1.807) is 0 Å². The summed E-state index contributed by atoms with van der Waals surface area (Å²) in [6, 6.07) is 15.3. The number of rotatable bonds is 7. The number of halogens is 1. The summed E-state index contributed by atoms with van der Waals surface area (Å²) in [5, 5.41) is 11.3. The standard InChI is InChI=1S/C21H21BrN2O3/c1-26-21(25)18(23)13-20(24-19-11-3-2-10-17(19)22)14-6-4-9-16(12-14)27-15-7-5-8-15/h2-4,6,9-13,15,23-24H,5,7-8H2,1H3/b20-13-,23-18?. The first-order chi connectivity index (χ1) is 13.1. The molecule has 2 aromatic carbocycles. The predicted molar refractivity (Wildman–Crippen MR) is 110 cm³/mol. The van der Waals surface area contributed by atoms with E-state index in [1.165, 1.54) is 19.6 Å². The van der Waals surface area contributed by atoms with Crippen LogP contribution in [0.5, 0.6) is 5.75 Å². The highest BCUT2D eigenvalue weighted by Crippen LogP contribution is 2.29. The molecule has 0 saturated heterocycles. The van der Waals surface area contributed by atoms with Crippen molar-refractivity contribution in [2.75, 3.05) is 12.4 Å². The molecular weight excluding hydrogens is 408 g/mol. The van der Waals surface area contributed by atoms with E-state index in [0.29, 0.717) is 5.70 Å². The van der Waals surface area contributed by atoms with E-state index in [2.05, 4.69) is 26.0 Å². The summed E-state index contributed by atoms with van der Waals surface area (Å²) in [5.74, 6) is 0.0879. The summed E-state index contributed by atoms with van der Waals surface area (Å²) in [7, 11) is 1.26. The number of para-hydroxylation sites is 1. The van der Waals surface area contributed by atoms with Gasteiger partial charge in [-0.2, -0.15) is 0 Å². The molecule has 0 amide bonds. The number of hydrogen-bond donors (Lipinski definition) is 2. The maximum atomic E-state index is 11.7. The summed E-state index contributed by atoms with van der Waals surface area (Å²) < 4.78 is 11.5. The van der Waals surface area contributed by atoms with Gasteiger partial charge in [-0.25, -0.2) is 4.79 Å². The lowest BCUT2D eigenvalue weighted by molar-refractivity contribution is -0.132. The van der Waals surface area contributed by atoms with Gasteiger partial charge in [0.05, 0.1) is 18.9 Å². The van der Waals surface area contributed by atoms with Crippen LogP contribution in [0.25, 0.3) is 5.70 Å². The van der Waals surface area contributed by atoms with Crippen molar-refractivity contribution in [3.8, 4) is 5.75 Å². The van der Waals surface area contributed by atoms with Crippen molar-refractivity contribution in [1.29, 1.82) is 5.41 Å². The normalized spacial score (nSPS) is 14.2. The SMILES string of the molecule is COC(=O)C(=N)/C=C(\Nc1ccccc1Br)c1cccc(OC2CCC2)c1. The Morgan fingerprint density at radius 3 is 2.67 bits per heavy atom. The molecule has 27 heavy (non-hydrogen) atoms. The van der Waals surface area contributed by atoms with E-state index in [4.69, 9.17) is 10.1 Å². The van der Waals surface area contributed by atoms with Crippen LogP contribution < -0.4 is 10.1 Å². The van der Waals surface area contributed by atoms with E-state index < -0.39 is 5.97 Å². The number of ether oxygens (including phenoxy) is 2. The van der Waals surface area contributed by atoms with Crippen LogP contribution >= 0.6 is 15.9 Å². The fourth-order valence-electron chi connectivity index (χ4n) is 2.63. The van der Waals surface area contributed by atoms with Crippen molar-refractivity contribution in [3.05, 3.63) is 64.6 Å². The Bertz CT molecular complexity index is 875. The Morgan fingerprint density at radius 1 is 1.22 bits per heavy atom. The van der Waals surface area contributed by atoms with Gasteiger partial charge in [-0.15, -0.1) is 0 Å². The molecule has 0 aliphatic heterocycles. The van der Waals surface area contributed by atoms with Crippen LogP contribution in [0.1, 0.15) is 24.8 Å². The van der Waals surface area contributed by atoms with Crippen LogP contribution in [0.3, 0.4) is 0 Å². The summed E-state index contributed by atoms with van der Waals surface area (Å²) in [6.07, 6.45) is 5.10. The average Bonchev–Trinajstić information content (AvgIpc) is 2.65. The minimum absolute atomic E-state index is 0.239. The topological polar surface area (TPSA) is 71.4 Å². The number of carbonyl (C=O) groups excluding carboxylic acids is 1. The zero-order chi connectivity index (χ0) is 19.2. The first-order valence-corrected chi connectivity index (χ1v) is 9.53. The summed E-state index contributed by atoms with van der Waals surface area (Å²) in [4.78, 5) is 11.7. The number of nitrogens with one attached hydrogen (secondary N) is 2. The van der Waals surface area contributed by atoms with E-state index in [0.717, 1.165) is 34.3 Å². The molecule has 0 unspecified atom stereocenters. The molecule has 1 saturated carbocycles. The summed E-state index contributed by atoms with van der Waals surface area (Å²) >= 11 is 3.51. The number of methoxy groups -OCH3 is 1. The minimum Gasteiger partial charge on any atom is -0.490 e. The monoisotopic (exact) mass is 428 g/mol. The zero-order valence-electron chi connectivity index (χ0n) is 15.0. The fourth-order valence-corrected chi connectivity index (χ4v) is 3.01. The van der Waals surface area contributed by atoms with Crippen LogP contribution in [0, 0.1) is 5.41 Å². The molecule has 2 aromatic rings. The van der Waals surface area contributed by atoms with Gasteiger partial charge in [-0.3, -0.25) is 5.41 Å². The second-order valence-corrected chi connectivity index (χ2v) is 7.12. The fraction of sp³-hybridized carbons (Fsp3) is 0.238. The molecule has 0 spiro atoms. The molecule has 6 heteroatoms. The van der Waals surface area contributed by atoms with E-state index in [-0.39, 0.29) is 11.8 Å². The van der Waals surface area contributed by atoms with Crippen molar-refractivity contribution in [2.45, 2.75) is 25.4 Å². The molecule has 1 fully saturated rings. The second-order valence-electron chi connectivity index (χ2n) is 6.27. The summed E-state index contributed by atoms with van der Waals surface area (Å²) in [5.41, 5.74) is 2.01. The number of carbonyl (C=O) groups is 1. The van der Waals surface area contributed by atoms with Crippen molar-refractivity contribution >= 4 is 39.0 Å². The lowest BCUT2D eigenvalue weighted by Gasteiger charge is -2.26. The first kappa shape index (κ1) is 19.2. The highest BCUT2D eigenvalue weighted by Gasteiger charge is 2.19. The van der Waals surface area contributed by atoms with Gasteiger partial charge in [0.2, 0.25) is 0 Å². The molecule has 2 N–H and O–H groups in total. The number of benzene rings is 2. The van der Waals surface area contributed by atoms with Crippen LogP contribution in [0.4, 0.5) is 5.69 Å². The van der Waals surface area contributed by atoms with Gasteiger partial charge in [0, 0.05) is 15.7 Å². The van der Waals surface area contributed by atoms with E-state index in [9.17, 15) is 4.79 Å². The molecule has 140 valence electrons. The van der Waals surface area contributed by atoms with Crippen LogP contribution in [-0.4, -0.2) is 24.9 Å². The van der Waals surface area contributed by atoms with Crippen molar-refractivity contribution in [2.24, 2.45) is 0 Å². The van der Waals surface area contributed by atoms with E-state index in [1.807, 2.05) is 48.5 Å². The average molecular weight is 429 g/mol. The number of hydrogen-bond acceptors (Lipinski definition) is 5. The maximum Gasteiger partial charge on any atom is 0.356 e. The molecule has 0 heterocycles. The van der Waals surface area contributed by atoms with Crippen LogP contribution in [0.2, 0.25) is 0 Å². The highest BCUT2D eigenvalue weighted by atomic mass is 79.9. The molecule has 1 aliphatic carbocycles. The van der Waals surface area contributed by atoms with Gasteiger partial charge >= 0.3 is 5.97 Å². The third-order valence-electron chi connectivity index (χ3n) is 4.34. The molecule has 0 bridgehead atoms. The Morgan fingerprint density at radius 2 is 2.00 bits per heavy atom. The van der Waals surface area contributed by atoms with Crippen LogP contribution in [-0.2, 0) is 9.53 Å². The van der Waals surface area contributed by atoms with Crippen molar-refractivity contribution < 1.29 is 14.3 Å². The molecule has 0 radical (unpaired) electrons. The van der Waals surface area contributed by atoms with E-state index >= 15 is 0 Å². The third-order valence-corrected chi connectivity index (χ3v) is 5.03. The van der Waals surface area contributed by atoms with Gasteiger partial charge < -0.3 is 14.8 Å². The number of esters is 1. The molecule has 5 nitrogen and oxygen atoms in total. The quantitative estimate of drug-likeness (QED) is 0.479. The smallest absolute Gasteiger partial charge is 0.356 e.